The van der Waals surface area contributed by atoms with E-state index in [1.807, 2.05) is 0 Å². The molecule has 4 unspecified atom stereocenters. The summed E-state index contributed by atoms with van der Waals surface area (Å²) in [6, 6.07) is -0.622. The highest BCUT2D eigenvalue weighted by molar-refractivity contribution is 7.39. The Morgan fingerprint density at radius 1 is 1.00 bits per heavy atom. The highest BCUT2D eigenvalue weighted by Crippen LogP contribution is 2.37. The summed E-state index contributed by atoms with van der Waals surface area (Å²) in [7, 11) is -1.82. The Balaban J connectivity index is 5.57. The van der Waals surface area contributed by atoms with Crippen molar-refractivity contribution in [3.63, 3.8) is 0 Å². The van der Waals surface area contributed by atoms with E-state index in [1.165, 1.54) is 7.11 Å². The van der Waals surface area contributed by atoms with Gasteiger partial charge in [-0.1, -0.05) is 58.8 Å². The summed E-state index contributed by atoms with van der Waals surface area (Å²) < 4.78 is 22.7. The molecule has 0 fully saturated rings. The molecule has 0 aliphatic rings. The first kappa shape index (κ1) is 27.9. The quantitative estimate of drug-likeness (QED) is 0.225. The number of alkyl carbamates (subject to hydrolysis) is 1. The Kier molecular flexibility index (Phi) is 14.3. The van der Waals surface area contributed by atoms with Crippen LogP contribution in [0, 0.1) is 5.92 Å². The maximum atomic E-state index is 12.5. The topological polar surface area (TPSA) is 102 Å². The van der Waals surface area contributed by atoms with E-state index >= 15 is 0 Å². The lowest BCUT2D eigenvalue weighted by Crippen LogP contribution is -2.48. The smallest absolute Gasteiger partial charge is 0.407 e. The molecule has 0 aromatic heterocycles. The monoisotopic (exact) mass is 435 g/mol. The zero-order valence-electron chi connectivity index (χ0n) is 19.1. The number of carbonyl (C=O) groups excluding carboxylic acids is 2. The van der Waals surface area contributed by atoms with Crippen LogP contribution in [-0.2, 0) is 18.8 Å². The van der Waals surface area contributed by atoms with Crippen molar-refractivity contribution in [2.24, 2.45) is 5.92 Å². The number of esters is 1. The Labute approximate surface area is 177 Å². The van der Waals surface area contributed by atoms with Gasteiger partial charge in [0.25, 0.3) is 0 Å². The molecule has 7 nitrogen and oxygen atoms in total. The standard InChI is InChI=1S/C21H42NO6P/c1-7-9-11-13-14-16(19(23)27-6)18(29(25)26)17(15-12-10-8-2)22-20(24)28-21(3,4)5/h16-18,29H,7-15H2,1-6H3,(H,22,24)(H,25,26). The second-order valence-electron chi connectivity index (χ2n) is 8.59. The van der Waals surface area contributed by atoms with Crippen LogP contribution in [0.1, 0.15) is 92.4 Å². The Morgan fingerprint density at radius 2 is 1.55 bits per heavy atom. The lowest BCUT2D eigenvalue weighted by atomic mass is 9.90. The number of ether oxygens (including phenoxy) is 2. The number of nitrogens with one attached hydrogen (secondary N) is 1. The number of methoxy groups -OCH3 is 1. The van der Waals surface area contributed by atoms with Gasteiger partial charge >= 0.3 is 12.1 Å². The van der Waals surface area contributed by atoms with E-state index in [-0.39, 0.29) is 0 Å². The minimum absolute atomic E-state index is 0.467. The normalized spacial score (nSPS) is 15.8. The Hall–Kier alpha value is -1.07. The molecule has 0 spiro atoms. The van der Waals surface area contributed by atoms with Crippen LogP contribution < -0.4 is 5.32 Å². The van der Waals surface area contributed by atoms with Crippen molar-refractivity contribution in [3.8, 4) is 0 Å². The third kappa shape index (κ3) is 12.3. The van der Waals surface area contributed by atoms with Crippen molar-refractivity contribution < 1.29 is 28.5 Å². The minimum atomic E-state index is -3.11. The van der Waals surface area contributed by atoms with Crippen LogP contribution in [0.15, 0.2) is 0 Å². The third-order valence-corrected chi connectivity index (χ3v) is 6.22. The zero-order valence-corrected chi connectivity index (χ0v) is 20.1. The molecule has 0 aliphatic heterocycles. The van der Waals surface area contributed by atoms with Crippen molar-refractivity contribution in [2.45, 2.75) is 110 Å². The molecule has 0 aromatic rings. The largest absolute Gasteiger partial charge is 0.469 e. The number of rotatable bonds is 14. The van der Waals surface area contributed by atoms with E-state index in [0.717, 1.165) is 44.9 Å². The van der Waals surface area contributed by atoms with Crippen molar-refractivity contribution in [3.05, 3.63) is 0 Å². The summed E-state index contributed by atoms with van der Waals surface area (Å²) in [6.45, 7) is 9.44. The molecule has 29 heavy (non-hydrogen) atoms. The van der Waals surface area contributed by atoms with E-state index in [4.69, 9.17) is 9.47 Å². The van der Waals surface area contributed by atoms with Crippen molar-refractivity contribution in [2.75, 3.05) is 7.11 Å². The maximum absolute atomic E-state index is 12.5. The molecule has 0 aliphatic carbocycles. The van der Waals surface area contributed by atoms with Crippen LogP contribution in [0.3, 0.4) is 0 Å². The summed E-state index contributed by atoms with van der Waals surface area (Å²) in [6.07, 6.45) is 6.86. The lowest BCUT2D eigenvalue weighted by molar-refractivity contribution is -0.146. The van der Waals surface area contributed by atoms with E-state index in [1.54, 1.807) is 20.8 Å². The van der Waals surface area contributed by atoms with Crippen LogP contribution in [0.25, 0.3) is 0 Å². The van der Waals surface area contributed by atoms with Crippen molar-refractivity contribution in [1.29, 1.82) is 0 Å². The molecule has 0 rings (SSSR count). The van der Waals surface area contributed by atoms with Gasteiger partial charge in [-0.15, -0.1) is 0 Å². The first-order valence-electron chi connectivity index (χ1n) is 10.9. The molecule has 0 saturated heterocycles. The SMILES string of the molecule is CCCCCCC(C(=O)OC)C(C(CCCCC)NC(=O)OC(C)(C)C)[PH](=O)O. The van der Waals surface area contributed by atoms with Gasteiger partial charge in [-0.05, 0) is 33.6 Å². The lowest BCUT2D eigenvalue weighted by Gasteiger charge is -2.32. The van der Waals surface area contributed by atoms with Crippen molar-refractivity contribution >= 4 is 20.1 Å². The van der Waals surface area contributed by atoms with E-state index in [9.17, 15) is 19.0 Å². The summed E-state index contributed by atoms with van der Waals surface area (Å²) in [5.74, 6) is -1.22. The fourth-order valence-corrected chi connectivity index (χ4v) is 4.67. The molecule has 1 amide bonds. The summed E-state index contributed by atoms with van der Waals surface area (Å²) >= 11 is 0. The van der Waals surface area contributed by atoms with Gasteiger partial charge in [-0.3, -0.25) is 9.36 Å². The van der Waals surface area contributed by atoms with Gasteiger partial charge < -0.3 is 19.7 Å². The fourth-order valence-electron chi connectivity index (χ4n) is 3.43. The number of hydrogen-bond donors (Lipinski definition) is 2. The average molecular weight is 436 g/mol. The van der Waals surface area contributed by atoms with Crippen LogP contribution in [-0.4, -0.2) is 41.4 Å². The predicted molar refractivity (Wildman–Crippen MR) is 117 cm³/mol. The molecule has 8 heteroatoms. The fraction of sp³-hybridized carbons (Fsp3) is 0.905. The summed E-state index contributed by atoms with van der Waals surface area (Å²) in [4.78, 5) is 35.0. The molecule has 172 valence electrons. The van der Waals surface area contributed by atoms with Gasteiger partial charge in [0.05, 0.1) is 18.7 Å². The number of unbranched alkanes of at least 4 members (excludes halogenated alkanes) is 5. The second-order valence-corrected chi connectivity index (χ2v) is 9.93. The molecular formula is C21H42NO6P. The van der Waals surface area contributed by atoms with Crippen LogP contribution in [0.2, 0.25) is 0 Å². The van der Waals surface area contributed by atoms with Crippen LogP contribution in [0.5, 0.6) is 0 Å². The highest BCUT2D eigenvalue weighted by Gasteiger charge is 2.39. The summed E-state index contributed by atoms with van der Waals surface area (Å²) in [5, 5.41) is 2.77. The van der Waals surface area contributed by atoms with Crippen LogP contribution in [0.4, 0.5) is 4.79 Å². The molecule has 0 radical (unpaired) electrons. The van der Waals surface area contributed by atoms with Gasteiger partial charge in [0, 0.05) is 6.04 Å². The van der Waals surface area contributed by atoms with Gasteiger partial charge in [-0.2, -0.15) is 0 Å². The first-order valence-corrected chi connectivity index (χ1v) is 12.3. The molecule has 0 heterocycles. The molecule has 0 saturated carbocycles. The highest BCUT2D eigenvalue weighted by atomic mass is 31.1. The number of hydrogen-bond acceptors (Lipinski definition) is 5. The number of amides is 1. The predicted octanol–water partition coefficient (Wildman–Crippen LogP) is 5.06. The van der Waals surface area contributed by atoms with Crippen molar-refractivity contribution in [1.82, 2.24) is 5.32 Å². The third-order valence-electron chi connectivity index (χ3n) is 4.85. The van der Waals surface area contributed by atoms with Gasteiger partial charge in [0.1, 0.15) is 5.60 Å². The zero-order chi connectivity index (χ0) is 22.4. The van der Waals surface area contributed by atoms with Crippen LogP contribution >= 0.6 is 8.03 Å². The minimum Gasteiger partial charge on any atom is -0.469 e. The Morgan fingerprint density at radius 3 is 2.03 bits per heavy atom. The molecular weight excluding hydrogens is 393 g/mol. The first-order chi connectivity index (χ1) is 13.6. The maximum Gasteiger partial charge on any atom is 0.407 e. The molecule has 4 atom stereocenters. The van der Waals surface area contributed by atoms with Gasteiger partial charge in [0.2, 0.25) is 0 Å². The number of carbonyl (C=O) groups is 2. The second kappa shape index (κ2) is 14.8. The molecule has 2 N–H and O–H groups in total. The molecule has 0 bridgehead atoms. The summed E-state index contributed by atoms with van der Waals surface area (Å²) in [5.41, 5.74) is -1.56. The average Bonchev–Trinajstić information content (AvgIpc) is 2.61. The van der Waals surface area contributed by atoms with Gasteiger partial charge in [0.15, 0.2) is 8.03 Å². The van der Waals surface area contributed by atoms with Gasteiger partial charge in [-0.25, -0.2) is 4.79 Å². The van der Waals surface area contributed by atoms with E-state index in [2.05, 4.69) is 19.2 Å². The van der Waals surface area contributed by atoms with E-state index in [0.29, 0.717) is 12.8 Å². The molecule has 0 aromatic carbocycles. The Bertz CT molecular complexity index is 506. The van der Waals surface area contributed by atoms with E-state index < -0.39 is 43.3 Å².